The van der Waals surface area contributed by atoms with E-state index in [-0.39, 0.29) is 30.6 Å². The molecule has 1 unspecified atom stereocenters. The third kappa shape index (κ3) is 5.77. The van der Waals surface area contributed by atoms with E-state index in [4.69, 9.17) is 0 Å². The molecule has 3 aliphatic rings. The van der Waals surface area contributed by atoms with Crippen molar-refractivity contribution in [3.05, 3.63) is 54.1 Å². The predicted molar refractivity (Wildman–Crippen MR) is 132 cm³/mol. The van der Waals surface area contributed by atoms with Gasteiger partial charge in [-0.3, -0.25) is 9.59 Å². The lowest BCUT2D eigenvalue weighted by atomic mass is 9.96. The smallest absolute Gasteiger partial charge is 0.372 e. The third-order valence-electron chi connectivity index (χ3n) is 7.42. The molecule has 1 atom stereocenters. The highest BCUT2D eigenvalue weighted by molar-refractivity contribution is 5.89. The summed E-state index contributed by atoms with van der Waals surface area (Å²) in [5, 5.41) is 6.28. The number of amides is 2. The zero-order valence-corrected chi connectivity index (χ0v) is 20.1. The lowest BCUT2D eigenvalue weighted by Gasteiger charge is -2.34. The van der Waals surface area contributed by atoms with Gasteiger partial charge in [-0.25, -0.2) is 0 Å². The molecule has 36 heavy (non-hydrogen) atoms. The number of carbonyl (C=O) groups is 2. The van der Waals surface area contributed by atoms with E-state index in [0.29, 0.717) is 38.6 Å². The lowest BCUT2D eigenvalue weighted by Crippen LogP contribution is -2.38. The van der Waals surface area contributed by atoms with Crippen molar-refractivity contribution < 1.29 is 22.8 Å². The quantitative estimate of drug-likeness (QED) is 0.571. The Morgan fingerprint density at radius 1 is 0.917 bits per heavy atom. The molecule has 0 aromatic heterocycles. The summed E-state index contributed by atoms with van der Waals surface area (Å²) >= 11 is 0. The van der Waals surface area contributed by atoms with Gasteiger partial charge in [0.1, 0.15) is 0 Å². The molecule has 2 saturated heterocycles. The Balaban J connectivity index is 1.08. The second-order valence-corrected chi connectivity index (χ2v) is 10.1. The van der Waals surface area contributed by atoms with Crippen molar-refractivity contribution in [2.24, 2.45) is 11.8 Å². The molecule has 0 bridgehead atoms. The van der Waals surface area contributed by atoms with E-state index < -0.39 is 12.1 Å². The molecule has 3 fully saturated rings. The van der Waals surface area contributed by atoms with Crippen LogP contribution < -0.4 is 15.5 Å². The van der Waals surface area contributed by atoms with Gasteiger partial charge in [-0.15, -0.1) is 0 Å². The van der Waals surface area contributed by atoms with E-state index in [0.717, 1.165) is 35.5 Å². The number of alkyl halides is 3. The van der Waals surface area contributed by atoms with Crippen LogP contribution in [-0.4, -0.2) is 48.6 Å². The van der Waals surface area contributed by atoms with Gasteiger partial charge in [-0.2, -0.15) is 13.2 Å². The van der Waals surface area contributed by atoms with E-state index in [1.165, 1.54) is 0 Å². The number of nitrogens with one attached hydrogen (secondary N) is 2. The number of piperidine rings is 1. The maximum absolute atomic E-state index is 12.9. The SMILES string of the molecule is O=C(NCc1ccc(Nc2ccc(N3CCC(C(F)(F)F)CC3)cc2)cc1)C1CC(=O)N(C2CC2)C1. The molecule has 2 N–H and O–H groups in total. The largest absolute Gasteiger partial charge is 0.391 e. The molecule has 2 aromatic carbocycles. The van der Waals surface area contributed by atoms with Crippen LogP contribution in [0.25, 0.3) is 0 Å². The van der Waals surface area contributed by atoms with E-state index in [9.17, 15) is 22.8 Å². The standard InChI is InChI=1S/C27H31F3N4O2/c28-27(29,30)20-11-13-33(14-12-20)23-7-5-22(6-8-23)32-21-3-1-18(2-4-21)16-31-26(36)19-15-25(35)34(17-19)24-9-10-24/h1-8,19-20,24,32H,9-17H2,(H,31,36). The number of likely N-dealkylation sites (tertiary alicyclic amines) is 1. The van der Waals surface area contributed by atoms with Gasteiger partial charge in [0.15, 0.2) is 0 Å². The van der Waals surface area contributed by atoms with Crippen LogP contribution in [0.15, 0.2) is 48.5 Å². The highest BCUT2D eigenvalue weighted by Crippen LogP contribution is 2.36. The fraction of sp³-hybridized carbons (Fsp3) is 0.481. The summed E-state index contributed by atoms with van der Waals surface area (Å²) in [4.78, 5) is 28.4. The van der Waals surface area contributed by atoms with Gasteiger partial charge >= 0.3 is 6.18 Å². The van der Waals surface area contributed by atoms with Gasteiger partial charge in [-0.05, 0) is 67.6 Å². The first-order valence-electron chi connectivity index (χ1n) is 12.6. The van der Waals surface area contributed by atoms with Gasteiger partial charge in [0, 0.05) is 55.7 Å². The number of nitrogens with zero attached hydrogens (tertiary/aromatic N) is 2. The molecule has 5 rings (SSSR count). The first-order chi connectivity index (χ1) is 17.3. The second-order valence-electron chi connectivity index (χ2n) is 10.1. The lowest BCUT2D eigenvalue weighted by molar-refractivity contribution is -0.179. The van der Waals surface area contributed by atoms with Crippen molar-refractivity contribution in [1.82, 2.24) is 10.2 Å². The summed E-state index contributed by atoms with van der Waals surface area (Å²) in [6.45, 7) is 1.76. The van der Waals surface area contributed by atoms with Crippen molar-refractivity contribution in [3.63, 3.8) is 0 Å². The van der Waals surface area contributed by atoms with Crippen LogP contribution in [0.4, 0.5) is 30.2 Å². The highest BCUT2D eigenvalue weighted by atomic mass is 19.4. The minimum absolute atomic E-state index is 0.0728. The minimum Gasteiger partial charge on any atom is -0.372 e. The van der Waals surface area contributed by atoms with Gasteiger partial charge in [0.25, 0.3) is 0 Å². The summed E-state index contributed by atoms with van der Waals surface area (Å²) < 4.78 is 38.7. The number of rotatable bonds is 7. The van der Waals surface area contributed by atoms with E-state index in [2.05, 4.69) is 10.6 Å². The van der Waals surface area contributed by atoms with Crippen LogP contribution >= 0.6 is 0 Å². The Hall–Kier alpha value is -3.23. The van der Waals surface area contributed by atoms with Crippen molar-refractivity contribution in [3.8, 4) is 0 Å². The highest BCUT2D eigenvalue weighted by Gasteiger charge is 2.42. The Morgan fingerprint density at radius 2 is 1.53 bits per heavy atom. The van der Waals surface area contributed by atoms with E-state index in [1.807, 2.05) is 58.3 Å². The van der Waals surface area contributed by atoms with Gasteiger partial charge in [0.05, 0.1) is 11.8 Å². The summed E-state index contributed by atoms with van der Waals surface area (Å²) in [6, 6.07) is 15.8. The van der Waals surface area contributed by atoms with Crippen molar-refractivity contribution in [2.75, 3.05) is 29.9 Å². The molecule has 9 heteroatoms. The van der Waals surface area contributed by atoms with Crippen LogP contribution in [0.5, 0.6) is 0 Å². The monoisotopic (exact) mass is 500 g/mol. The summed E-state index contributed by atoms with van der Waals surface area (Å²) in [5.41, 5.74) is 3.67. The Morgan fingerprint density at radius 3 is 2.11 bits per heavy atom. The van der Waals surface area contributed by atoms with Gasteiger partial charge in [-0.1, -0.05) is 12.1 Å². The number of carbonyl (C=O) groups excluding carboxylic acids is 2. The van der Waals surface area contributed by atoms with Crippen LogP contribution in [0.2, 0.25) is 0 Å². The molecule has 2 aliphatic heterocycles. The molecular formula is C27H31F3N4O2. The first kappa shape index (κ1) is 24.5. The van der Waals surface area contributed by atoms with E-state index >= 15 is 0 Å². The fourth-order valence-corrected chi connectivity index (χ4v) is 5.07. The average Bonchev–Trinajstić information content (AvgIpc) is 3.64. The molecule has 6 nitrogen and oxygen atoms in total. The fourth-order valence-electron chi connectivity index (χ4n) is 5.07. The van der Waals surface area contributed by atoms with Crippen LogP contribution in [-0.2, 0) is 16.1 Å². The van der Waals surface area contributed by atoms with Crippen LogP contribution in [0.1, 0.15) is 37.7 Å². The number of benzene rings is 2. The number of anilines is 3. The summed E-state index contributed by atoms with van der Waals surface area (Å²) in [7, 11) is 0. The topological polar surface area (TPSA) is 64.7 Å². The van der Waals surface area contributed by atoms with Crippen molar-refractivity contribution in [1.29, 1.82) is 0 Å². The van der Waals surface area contributed by atoms with Crippen LogP contribution in [0.3, 0.4) is 0 Å². The molecule has 192 valence electrons. The normalized spacial score (nSPS) is 21.1. The number of hydrogen-bond acceptors (Lipinski definition) is 4. The average molecular weight is 501 g/mol. The molecule has 0 radical (unpaired) electrons. The molecule has 1 aliphatic carbocycles. The molecule has 2 aromatic rings. The molecule has 1 saturated carbocycles. The zero-order valence-electron chi connectivity index (χ0n) is 20.1. The molecule has 0 spiro atoms. The summed E-state index contributed by atoms with van der Waals surface area (Å²) in [6.07, 6.45) is -1.43. The number of hydrogen-bond donors (Lipinski definition) is 2. The van der Waals surface area contributed by atoms with E-state index in [1.54, 1.807) is 0 Å². The second kappa shape index (κ2) is 10.0. The maximum atomic E-state index is 12.9. The summed E-state index contributed by atoms with van der Waals surface area (Å²) in [5.74, 6) is -1.45. The molecular weight excluding hydrogens is 469 g/mol. The Bertz CT molecular complexity index is 1080. The Kier molecular flexibility index (Phi) is 6.81. The molecule has 2 heterocycles. The number of halogens is 3. The first-order valence-corrected chi connectivity index (χ1v) is 12.6. The third-order valence-corrected chi connectivity index (χ3v) is 7.42. The van der Waals surface area contributed by atoms with Crippen molar-refractivity contribution >= 4 is 28.9 Å². The zero-order chi connectivity index (χ0) is 25.3. The van der Waals surface area contributed by atoms with Crippen molar-refractivity contribution in [2.45, 2.75) is 50.9 Å². The maximum Gasteiger partial charge on any atom is 0.391 e. The van der Waals surface area contributed by atoms with Crippen LogP contribution in [0, 0.1) is 11.8 Å². The van der Waals surface area contributed by atoms with Gasteiger partial charge in [0.2, 0.25) is 11.8 Å². The minimum atomic E-state index is -4.10. The van der Waals surface area contributed by atoms with Gasteiger partial charge < -0.3 is 20.4 Å². The molecule has 2 amide bonds. The Labute approximate surface area is 208 Å². The predicted octanol–water partition coefficient (Wildman–Crippen LogP) is 4.84.